The van der Waals surface area contributed by atoms with Crippen LogP contribution in [0.25, 0.3) is 0 Å². The maximum absolute atomic E-state index is 12.8. The molecular weight excluding hydrogens is 396 g/mol. The zero-order valence-electron chi connectivity index (χ0n) is 16.9. The van der Waals surface area contributed by atoms with E-state index in [2.05, 4.69) is 22.2 Å². The van der Waals surface area contributed by atoms with Crippen molar-refractivity contribution in [3.8, 4) is 0 Å². The van der Waals surface area contributed by atoms with Gasteiger partial charge in [-0.25, -0.2) is 13.1 Å². The van der Waals surface area contributed by atoms with E-state index in [0.29, 0.717) is 5.56 Å². The Morgan fingerprint density at radius 3 is 2.07 bits per heavy atom. The highest BCUT2D eigenvalue weighted by molar-refractivity contribution is 7.89. The van der Waals surface area contributed by atoms with E-state index >= 15 is 0 Å². The first-order valence-electron chi connectivity index (χ1n) is 9.93. The molecule has 30 heavy (non-hydrogen) atoms. The Morgan fingerprint density at radius 1 is 0.867 bits per heavy atom. The van der Waals surface area contributed by atoms with Gasteiger partial charge < -0.3 is 5.32 Å². The molecule has 2 N–H and O–H groups in total. The average molecular weight is 423 g/mol. The van der Waals surface area contributed by atoms with Gasteiger partial charge in [-0.3, -0.25) is 4.79 Å². The number of carbonyl (C=O) groups excluding carboxylic acids is 1. The normalized spacial score (nSPS) is 12.3. The molecule has 0 heterocycles. The zero-order chi connectivity index (χ0) is 21.4. The summed E-state index contributed by atoms with van der Waals surface area (Å²) in [5.41, 5.74) is 2.75. The van der Waals surface area contributed by atoms with Crippen molar-refractivity contribution in [1.29, 1.82) is 0 Å². The van der Waals surface area contributed by atoms with Crippen LogP contribution in [0.3, 0.4) is 0 Å². The summed E-state index contributed by atoms with van der Waals surface area (Å²) in [5, 5.41) is 3.10. The minimum absolute atomic E-state index is 0.122. The molecule has 0 aliphatic rings. The average Bonchev–Trinajstić information content (AvgIpc) is 2.79. The molecule has 1 atom stereocenters. The van der Waals surface area contributed by atoms with Crippen LogP contribution < -0.4 is 10.0 Å². The number of sulfonamides is 1. The number of nitrogens with one attached hydrogen (secondary N) is 2. The smallest absolute Gasteiger partial charge is 0.251 e. The van der Waals surface area contributed by atoms with Gasteiger partial charge in [-0.05, 0) is 61.7 Å². The molecule has 0 radical (unpaired) electrons. The number of amides is 1. The lowest BCUT2D eigenvalue weighted by atomic mass is 9.98. The molecule has 1 unspecified atom stereocenters. The lowest BCUT2D eigenvalue weighted by Crippen LogP contribution is -2.28. The van der Waals surface area contributed by atoms with Gasteiger partial charge in [0.25, 0.3) is 5.91 Å². The number of rotatable bonds is 9. The van der Waals surface area contributed by atoms with Crippen molar-refractivity contribution in [2.24, 2.45) is 0 Å². The van der Waals surface area contributed by atoms with Crippen LogP contribution in [-0.4, -0.2) is 21.4 Å². The summed E-state index contributed by atoms with van der Waals surface area (Å²) >= 11 is 0. The minimum Gasteiger partial charge on any atom is -0.345 e. The lowest BCUT2D eigenvalue weighted by molar-refractivity contribution is 0.0934. The van der Waals surface area contributed by atoms with Gasteiger partial charge in [0, 0.05) is 5.56 Å². The minimum atomic E-state index is -3.53. The Bertz CT molecular complexity index is 1050. The fourth-order valence-electron chi connectivity index (χ4n) is 3.31. The zero-order valence-corrected chi connectivity index (χ0v) is 17.7. The molecule has 0 bridgehead atoms. The Labute approximate surface area is 178 Å². The second-order valence-electron chi connectivity index (χ2n) is 7.05. The van der Waals surface area contributed by atoms with Crippen molar-refractivity contribution in [2.45, 2.75) is 30.2 Å². The van der Waals surface area contributed by atoms with E-state index in [1.54, 1.807) is 0 Å². The summed E-state index contributed by atoms with van der Waals surface area (Å²) in [7, 11) is -2.17. The van der Waals surface area contributed by atoms with E-state index in [-0.39, 0.29) is 16.8 Å². The third-order valence-corrected chi connectivity index (χ3v) is 6.43. The summed E-state index contributed by atoms with van der Waals surface area (Å²) in [5.74, 6) is -0.225. The van der Waals surface area contributed by atoms with Crippen molar-refractivity contribution in [1.82, 2.24) is 10.0 Å². The molecule has 3 rings (SSSR count). The van der Waals surface area contributed by atoms with Gasteiger partial charge in [-0.15, -0.1) is 0 Å². The molecular formula is C24H26N2O3S. The van der Waals surface area contributed by atoms with Crippen molar-refractivity contribution < 1.29 is 13.2 Å². The van der Waals surface area contributed by atoms with Crippen molar-refractivity contribution >= 4 is 15.9 Å². The molecule has 0 spiro atoms. The van der Waals surface area contributed by atoms with Gasteiger partial charge in [0.1, 0.15) is 0 Å². The van der Waals surface area contributed by atoms with Gasteiger partial charge in [-0.2, -0.15) is 0 Å². The first-order valence-corrected chi connectivity index (χ1v) is 11.4. The van der Waals surface area contributed by atoms with Crippen LogP contribution in [0, 0.1) is 0 Å². The third-order valence-electron chi connectivity index (χ3n) is 5.00. The summed E-state index contributed by atoms with van der Waals surface area (Å²) in [6.45, 7) is 0. The fourth-order valence-corrected chi connectivity index (χ4v) is 4.04. The molecule has 3 aromatic rings. The Morgan fingerprint density at radius 2 is 1.47 bits per heavy atom. The largest absolute Gasteiger partial charge is 0.345 e. The van der Waals surface area contributed by atoms with E-state index in [1.807, 2.05) is 48.5 Å². The standard InChI is InChI=1S/C24H26N2O3S/c1-25-30(28,29)22-17-15-21(16-18-22)24(27)26-23(20-12-6-3-7-13-20)14-8-11-19-9-4-2-5-10-19/h2-7,9-10,12-13,15-18,23,25H,8,11,14H2,1H3,(H,26,27). The summed E-state index contributed by atoms with van der Waals surface area (Å²) in [6.07, 6.45) is 2.68. The van der Waals surface area contributed by atoms with E-state index in [0.717, 1.165) is 24.8 Å². The number of benzene rings is 3. The second-order valence-corrected chi connectivity index (χ2v) is 8.93. The third kappa shape index (κ3) is 5.78. The molecule has 0 fully saturated rings. The quantitative estimate of drug-likeness (QED) is 0.545. The predicted molar refractivity (Wildman–Crippen MR) is 119 cm³/mol. The van der Waals surface area contributed by atoms with Crippen LogP contribution in [0.4, 0.5) is 0 Å². The Balaban J connectivity index is 1.70. The number of aryl methyl sites for hydroxylation is 1. The SMILES string of the molecule is CNS(=O)(=O)c1ccc(C(=O)NC(CCCc2ccccc2)c2ccccc2)cc1. The van der Waals surface area contributed by atoms with Crippen LogP contribution in [0.15, 0.2) is 89.8 Å². The fraction of sp³-hybridized carbons (Fsp3) is 0.208. The van der Waals surface area contributed by atoms with Crippen LogP contribution in [-0.2, 0) is 16.4 Å². The maximum atomic E-state index is 12.8. The number of carbonyl (C=O) groups is 1. The van der Waals surface area contributed by atoms with Crippen molar-refractivity contribution in [3.05, 3.63) is 102 Å². The van der Waals surface area contributed by atoms with Gasteiger partial charge in [-0.1, -0.05) is 60.7 Å². The van der Waals surface area contributed by atoms with E-state index in [1.165, 1.54) is 36.9 Å². The predicted octanol–water partition coefficient (Wildman–Crippen LogP) is 4.09. The van der Waals surface area contributed by atoms with Crippen LogP contribution in [0.2, 0.25) is 0 Å². The Hall–Kier alpha value is -2.96. The highest BCUT2D eigenvalue weighted by Gasteiger charge is 2.17. The van der Waals surface area contributed by atoms with Crippen molar-refractivity contribution in [2.75, 3.05) is 7.05 Å². The van der Waals surface area contributed by atoms with E-state index < -0.39 is 10.0 Å². The van der Waals surface area contributed by atoms with E-state index in [4.69, 9.17) is 0 Å². The van der Waals surface area contributed by atoms with Crippen LogP contribution >= 0.6 is 0 Å². The van der Waals surface area contributed by atoms with Gasteiger partial charge in [0.15, 0.2) is 0 Å². The van der Waals surface area contributed by atoms with Crippen LogP contribution in [0.5, 0.6) is 0 Å². The molecule has 3 aromatic carbocycles. The summed E-state index contributed by atoms with van der Waals surface area (Å²) in [4.78, 5) is 12.9. The lowest BCUT2D eigenvalue weighted by Gasteiger charge is -2.19. The highest BCUT2D eigenvalue weighted by atomic mass is 32.2. The molecule has 0 aliphatic carbocycles. The monoisotopic (exact) mass is 422 g/mol. The highest BCUT2D eigenvalue weighted by Crippen LogP contribution is 2.21. The van der Waals surface area contributed by atoms with E-state index in [9.17, 15) is 13.2 Å². The molecule has 156 valence electrons. The first-order chi connectivity index (χ1) is 14.5. The van der Waals surface area contributed by atoms with Crippen LogP contribution in [0.1, 0.15) is 40.4 Å². The number of hydrogen-bond donors (Lipinski definition) is 2. The second kappa shape index (κ2) is 10.2. The van der Waals surface area contributed by atoms with Gasteiger partial charge >= 0.3 is 0 Å². The Kier molecular flexibility index (Phi) is 7.38. The molecule has 6 heteroatoms. The molecule has 0 saturated heterocycles. The summed E-state index contributed by atoms with van der Waals surface area (Å²) < 4.78 is 26.0. The van der Waals surface area contributed by atoms with Crippen molar-refractivity contribution in [3.63, 3.8) is 0 Å². The molecule has 5 nitrogen and oxygen atoms in total. The maximum Gasteiger partial charge on any atom is 0.251 e. The molecule has 1 amide bonds. The van der Waals surface area contributed by atoms with Gasteiger partial charge in [0.05, 0.1) is 10.9 Å². The van der Waals surface area contributed by atoms with Gasteiger partial charge in [0.2, 0.25) is 10.0 Å². The number of hydrogen-bond acceptors (Lipinski definition) is 3. The molecule has 0 aromatic heterocycles. The first kappa shape index (κ1) is 21.7. The molecule has 0 saturated carbocycles. The topological polar surface area (TPSA) is 75.3 Å². The summed E-state index contributed by atoms with van der Waals surface area (Å²) in [6, 6.07) is 26.0. The molecule has 0 aliphatic heterocycles.